The second-order valence-electron chi connectivity index (χ2n) is 5.27. The zero-order valence-corrected chi connectivity index (χ0v) is 16.3. The summed E-state index contributed by atoms with van der Waals surface area (Å²) in [5.74, 6) is 0. The summed E-state index contributed by atoms with van der Waals surface area (Å²) in [5.41, 5.74) is 0. The lowest BCUT2D eigenvalue weighted by Crippen LogP contribution is -2.28. The Bertz CT molecular complexity index is 624. The lowest BCUT2D eigenvalue weighted by molar-refractivity contribution is 0.258. The van der Waals surface area contributed by atoms with E-state index in [1.165, 1.54) is 15.9 Å². The fourth-order valence-corrected chi connectivity index (χ4v) is 10.4. The number of benzene rings is 3. The zero-order chi connectivity index (χ0) is 16.0. The summed E-state index contributed by atoms with van der Waals surface area (Å²) < 4.78 is 5.50. The second-order valence-corrected chi connectivity index (χ2v) is 11.7. The topological polar surface area (TPSA) is 9.23 Å². The summed E-state index contributed by atoms with van der Waals surface area (Å²) in [6, 6.07) is 32.8. The molecule has 0 aliphatic rings. The maximum absolute atomic E-state index is 5.50. The van der Waals surface area contributed by atoms with Crippen LogP contribution in [-0.4, -0.2) is 13.5 Å². The standard InChI is InChI=1S/C20H21OP2.ClH/c1-21-17-22-23(18-11-5-2-6-12-18,19-13-7-3-8-14-19)20-15-9-4-10-16-20;/h2-16,22H,17H2,1H3;1H/q+1;. The van der Waals surface area contributed by atoms with Gasteiger partial charge in [-0.1, -0.05) is 54.6 Å². The molecule has 124 valence electrons. The summed E-state index contributed by atoms with van der Waals surface area (Å²) in [6.45, 7) is -1.67. The van der Waals surface area contributed by atoms with Crippen molar-refractivity contribution in [3.63, 3.8) is 0 Å². The van der Waals surface area contributed by atoms with Crippen LogP contribution in [0.15, 0.2) is 91.0 Å². The van der Waals surface area contributed by atoms with Crippen LogP contribution in [0.5, 0.6) is 0 Å². The van der Waals surface area contributed by atoms with Gasteiger partial charge in [0.25, 0.3) is 0 Å². The van der Waals surface area contributed by atoms with Gasteiger partial charge in [-0.05, 0) is 36.4 Å². The van der Waals surface area contributed by atoms with Crippen molar-refractivity contribution in [3.05, 3.63) is 91.0 Å². The maximum atomic E-state index is 5.50. The van der Waals surface area contributed by atoms with Crippen LogP contribution in [0, 0.1) is 0 Å². The molecular weight excluding hydrogens is 354 g/mol. The number of ether oxygens (including phenoxy) is 1. The second kappa shape index (κ2) is 9.30. The molecule has 0 aromatic heterocycles. The van der Waals surface area contributed by atoms with Crippen molar-refractivity contribution in [2.45, 2.75) is 0 Å². The van der Waals surface area contributed by atoms with Gasteiger partial charge in [0.2, 0.25) is 0 Å². The predicted molar refractivity (Wildman–Crippen MR) is 113 cm³/mol. The highest BCUT2D eigenvalue weighted by Crippen LogP contribution is 2.70. The van der Waals surface area contributed by atoms with Gasteiger partial charge < -0.3 is 4.74 Å². The van der Waals surface area contributed by atoms with Crippen LogP contribution < -0.4 is 15.9 Å². The van der Waals surface area contributed by atoms with Gasteiger partial charge in [0.1, 0.15) is 22.9 Å². The smallest absolute Gasteiger partial charge is 0.129 e. The molecule has 0 fully saturated rings. The molecule has 0 spiro atoms. The minimum atomic E-state index is -1.67. The minimum Gasteiger partial charge on any atom is -0.377 e. The molecule has 3 aromatic carbocycles. The fourth-order valence-electron chi connectivity index (χ4n) is 2.84. The molecular formula is C20H22ClOP2+. The lowest BCUT2D eigenvalue weighted by Gasteiger charge is -2.26. The van der Waals surface area contributed by atoms with E-state index in [9.17, 15) is 0 Å². The largest absolute Gasteiger partial charge is 0.377 e. The van der Waals surface area contributed by atoms with Gasteiger partial charge in [-0.3, -0.25) is 0 Å². The molecule has 24 heavy (non-hydrogen) atoms. The highest BCUT2D eigenvalue weighted by molar-refractivity contribution is 8.42. The van der Waals surface area contributed by atoms with Crippen molar-refractivity contribution in [1.29, 1.82) is 0 Å². The first-order chi connectivity index (χ1) is 11.4. The van der Waals surface area contributed by atoms with Crippen molar-refractivity contribution >= 4 is 43.5 Å². The Morgan fingerprint density at radius 2 is 1.00 bits per heavy atom. The summed E-state index contributed by atoms with van der Waals surface area (Å²) in [5, 5.41) is 4.27. The van der Waals surface area contributed by atoms with Crippen LogP contribution >= 0.6 is 27.6 Å². The molecule has 0 aliphatic heterocycles. The van der Waals surface area contributed by atoms with Gasteiger partial charge in [0.05, 0.1) is 14.6 Å². The summed E-state index contributed by atoms with van der Waals surface area (Å²) >= 11 is 0. The van der Waals surface area contributed by atoms with E-state index >= 15 is 0 Å². The minimum absolute atomic E-state index is 0. The van der Waals surface area contributed by atoms with E-state index in [0.717, 1.165) is 6.35 Å². The first-order valence-electron chi connectivity index (χ1n) is 7.68. The van der Waals surface area contributed by atoms with Crippen molar-refractivity contribution in [2.24, 2.45) is 0 Å². The van der Waals surface area contributed by atoms with Crippen LogP contribution in [0.2, 0.25) is 0 Å². The van der Waals surface area contributed by atoms with E-state index in [1.807, 2.05) is 0 Å². The van der Waals surface area contributed by atoms with E-state index in [0.29, 0.717) is 8.27 Å². The zero-order valence-electron chi connectivity index (χ0n) is 13.6. The SMILES string of the molecule is COCP[P+](c1ccccc1)(c1ccccc1)c1ccccc1.Cl. The fraction of sp³-hybridized carbons (Fsp3) is 0.100. The van der Waals surface area contributed by atoms with Crippen molar-refractivity contribution in [1.82, 2.24) is 0 Å². The normalized spacial score (nSPS) is 11.4. The van der Waals surface area contributed by atoms with Crippen molar-refractivity contribution in [3.8, 4) is 0 Å². The molecule has 3 rings (SSSR count). The highest BCUT2D eigenvalue weighted by Gasteiger charge is 2.45. The first kappa shape index (κ1) is 19.1. The number of hydrogen-bond donors (Lipinski definition) is 0. The molecule has 0 amide bonds. The number of rotatable bonds is 6. The molecule has 0 radical (unpaired) electrons. The molecule has 1 unspecified atom stereocenters. The summed E-state index contributed by atoms with van der Waals surface area (Å²) in [6.07, 6.45) is 0.784. The molecule has 0 saturated heterocycles. The monoisotopic (exact) mass is 375 g/mol. The molecule has 0 saturated carbocycles. The molecule has 3 aromatic rings. The van der Waals surface area contributed by atoms with Gasteiger partial charge in [-0.15, -0.1) is 12.4 Å². The molecule has 0 aliphatic carbocycles. The Hall–Kier alpha value is -1.23. The van der Waals surface area contributed by atoms with Crippen LogP contribution in [-0.2, 0) is 4.74 Å². The van der Waals surface area contributed by atoms with E-state index in [1.54, 1.807) is 7.11 Å². The summed E-state index contributed by atoms with van der Waals surface area (Å²) in [4.78, 5) is 0. The highest BCUT2D eigenvalue weighted by atomic mass is 35.5. The van der Waals surface area contributed by atoms with Gasteiger partial charge in [0, 0.05) is 7.11 Å². The molecule has 0 heterocycles. The van der Waals surface area contributed by atoms with Gasteiger partial charge in [0.15, 0.2) is 0 Å². The van der Waals surface area contributed by atoms with Gasteiger partial charge in [-0.2, -0.15) is 0 Å². The molecule has 0 bridgehead atoms. The van der Waals surface area contributed by atoms with Crippen LogP contribution in [0.25, 0.3) is 0 Å². The molecule has 1 nitrogen and oxygen atoms in total. The Morgan fingerprint density at radius 3 is 1.29 bits per heavy atom. The van der Waals surface area contributed by atoms with E-state index in [2.05, 4.69) is 91.0 Å². The lowest BCUT2D eigenvalue weighted by atomic mass is 10.4. The van der Waals surface area contributed by atoms with E-state index < -0.39 is 6.95 Å². The Balaban J connectivity index is 0.00000208. The predicted octanol–water partition coefficient (Wildman–Crippen LogP) is 4.60. The number of halogens is 1. The number of methoxy groups -OCH3 is 1. The van der Waals surface area contributed by atoms with Crippen molar-refractivity contribution in [2.75, 3.05) is 13.5 Å². The Labute approximate surface area is 152 Å². The van der Waals surface area contributed by atoms with Gasteiger partial charge in [-0.25, -0.2) is 0 Å². The third kappa shape index (κ3) is 3.88. The average molecular weight is 376 g/mol. The van der Waals surface area contributed by atoms with Crippen LogP contribution in [0.4, 0.5) is 0 Å². The Kier molecular flexibility index (Phi) is 7.40. The third-order valence-electron chi connectivity index (χ3n) is 3.88. The molecule has 4 heteroatoms. The van der Waals surface area contributed by atoms with Gasteiger partial charge >= 0.3 is 0 Å². The number of hydrogen-bond acceptors (Lipinski definition) is 1. The molecule has 1 atom stereocenters. The van der Waals surface area contributed by atoms with Crippen LogP contribution in [0.1, 0.15) is 0 Å². The first-order valence-corrected chi connectivity index (χ1v) is 11.5. The van der Waals surface area contributed by atoms with Crippen molar-refractivity contribution < 1.29 is 4.74 Å². The molecule has 0 N–H and O–H groups in total. The van der Waals surface area contributed by atoms with E-state index in [4.69, 9.17) is 4.74 Å². The quantitative estimate of drug-likeness (QED) is 0.572. The Morgan fingerprint density at radius 1 is 0.667 bits per heavy atom. The summed E-state index contributed by atoms with van der Waals surface area (Å²) in [7, 11) is 2.51. The third-order valence-corrected chi connectivity index (χ3v) is 12.1. The average Bonchev–Trinajstić information content (AvgIpc) is 2.65. The van der Waals surface area contributed by atoms with E-state index in [-0.39, 0.29) is 12.4 Å². The maximum Gasteiger partial charge on any atom is 0.129 e. The van der Waals surface area contributed by atoms with Crippen LogP contribution in [0.3, 0.4) is 0 Å².